The molecule has 1 saturated carbocycles. The van der Waals surface area contributed by atoms with Crippen molar-refractivity contribution in [3.63, 3.8) is 0 Å². The lowest BCUT2D eigenvalue weighted by molar-refractivity contribution is -0.134. The standard InChI is InChI=1S/C24H33ClN6O3/c1-13(2)26-11-17(15-4-6-16(25)7-5-15)23(32)31-9-8-30(18-10-19(18)31)22-20-14(3)34-24(33)29-21(20)27-12-28-22/h4-7,13-14,17-19,21,26-28H,8-12H2,1-3H3,(H,29,33)/t14?,17-,18+,19-,21?/m1/s1. The molecule has 1 aromatic carbocycles. The Hall–Kier alpha value is -2.49. The van der Waals surface area contributed by atoms with Crippen molar-refractivity contribution in [3.05, 3.63) is 46.2 Å². The van der Waals surface area contributed by atoms with E-state index >= 15 is 0 Å². The Balaban J connectivity index is 1.33. The third-order valence-electron chi connectivity index (χ3n) is 7.11. The SMILES string of the molecule is CC(C)NC[C@@H](C(=O)N1CCN(C2=C3C(NCN2)NC(=O)OC3C)[C@H]2C[C@H]21)c1ccc(Cl)cc1. The van der Waals surface area contributed by atoms with E-state index in [0.717, 1.165) is 29.9 Å². The number of hydrogen-bond acceptors (Lipinski definition) is 7. The number of ether oxygens (including phenoxy) is 1. The number of rotatable bonds is 6. The van der Waals surface area contributed by atoms with Crippen LogP contribution >= 0.6 is 11.6 Å². The molecule has 34 heavy (non-hydrogen) atoms. The van der Waals surface area contributed by atoms with Gasteiger partial charge in [0.15, 0.2) is 0 Å². The van der Waals surface area contributed by atoms with Crippen molar-refractivity contribution in [1.29, 1.82) is 0 Å². The van der Waals surface area contributed by atoms with E-state index in [1.165, 1.54) is 0 Å². The second kappa shape index (κ2) is 9.28. The summed E-state index contributed by atoms with van der Waals surface area (Å²) in [7, 11) is 0. The van der Waals surface area contributed by atoms with E-state index < -0.39 is 6.09 Å². The van der Waals surface area contributed by atoms with E-state index in [-0.39, 0.29) is 36.2 Å². The molecule has 0 bridgehead atoms. The van der Waals surface area contributed by atoms with E-state index in [1.807, 2.05) is 31.2 Å². The van der Waals surface area contributed by atoms with E-state index in [2.05, 4.69) is 44.9 Å². The van der Waals surface area contributed by atoms with Gasteiger partial charge in [-0.25, -0.2) is 4.79 Å². The summed E-state index contributed by atoms with van der Waals surface area (Å²) >= 11 is 6.10. The number of carbonyl (C=O) groups is 2. The number of benzene rings is 1. The number of nitrogens with zero attached hydrogens (tertiary/aromatic N) is 2. The molecule has 4 aliphatic rings. The molecule has 1 aliphatic carbocycles. The molecule has 3 fully saturated rings. The first-order valence-electron chi connectivity index (χ1n) is 12.1. The molecular formula is C24H33ClN6O3. The molecule has 0 radical (unpaired) electrons. The van der Waals surface area contributed by atoms with Gasteiger partial charge in [0.1, 0.15) is 18.1 Å². The summed E-state index contributed by atoms with van der Waals surface area (Å²) < 4.78 is 5.42. The van der Waals surface area contributed by atoms with Gasteiger partial charge < -0.3 is 30.5 Å². The summed E-state index contributed by atoms with van der Waals surface area (Å²) in [6.45, 7) is 8.62. The maximum Gasteiger partial charge on any atom is 0.409 e. The van der Waals surface area contributed by atoms with Crippen LogP contribution in [0.15, 0.2) is 35.7 Å². The van der Waals surface area contributed by atoms with Gasteiger partial charge in [-0.05, 0) is 31.0 Å². The minimum absolute atomic E-state index is 0.165. The highest BCUT2D eigenvalue weighted by molar-refractivity contribution is 6.30. The van der Waals surface area contributed by atoms with Crippen molar-refractivity contribution in [2.75, 3.05) is 26.3 Å². The van der Waals surface area contributed by atoms with Crippen molar-refractivity contribution >= 4 is 23.6 Å². The average molecular weight is 489 g/mol. The lowest BCUT2D eigenvalue weighted by atomic mass is 9.96. The first-order valence-corrected chi connectivity index (χ1v) is 12.5. The second-order valence-electron chi connectivity index (χ2n) is 9.75. The zero-order chi connectivity index (χ0) is 24.0. The van der Waals surface area contributed by atoms with Crippen LogP contribution in [-0.4, -0.2) is 78.5 Å². The first-order chi connectivity index (χ1) is 16.3. The van der Waals surface area contributed by atoms with Gasteiger partial charge in [0, 0.05) is 36.3 Å². The van der Waals surface area contributed by atoms with Gasteiger partial charge in [-0.2, -0.15) is 0 Å². The van der Waals surface area contributed by atoms with E-state index in [1.54, 1.807) is 0 Å². The molecular weight excluding hydrogens is 456 g/mol. The zero-order valence-corrected chi connectivity index (χ0v) is 20.6. The minimum Gasteiger partial charge on any atom is -0.442 e. The third kappa shape index (κ3) is 4.44. The number of halogens is 1. The topological polar surface area (TPSA) is 98.0 Å². The highest BCUT2D eigenvalue weighted by atomic mass is 35.5. The van der Waals surface area contributed by atoms with Crippen LogP contribution in [0.25, 0.3) is 0 Å². The van der Waals surface area contributed by atoms with Crippen LogP contribution in [0.3, 0.4) is 0 Å². The summed E-state index contributed by atoms with van der Waals surface area (Å²) in [6.07, 6.45) is -0.0181. The highest BCUT2D eigenvalue weighted by Crippen LogP contribution is 2.41. The summed E-state index contributed by atoms with van der Waals surface area (Å²) in [5.74, 6) is 0.933. The molecule has 1 aromatic rings. The lowest BCUT2D eigenvalue weighted by Crippen LogP contribution is -2.62. The van der Waals surface area contributed by atoms with Gasteiger partial charge in [0.2, 0.25) is 5.91 Å². The van der Waals surface area contributed by atoms with Gasteiger partial charge in [0.05, 0.1) is 24.7 Å². The number of nitrogens with one attached hydrogen (secondary N) is 4. The van der Waals surface area contributed by atoms with Crippen LogP contribution in [0.4, 0.5) is 4.79 Å². The molecule has 0 aromatic heterocycles. The Kier molecular flexibility index (Phi) is 6.35. The summed E-state index contributed by atoms with van der Waals surface area (Å²) in [5, 5.41) is 13.7. The van der Waals surface area contributed by atoms with Gasteiger partial charge in [-0.3, -0.25) is 10.1 Å². The van der Waals surface area contributed by atoms with Gasteiger partial charge in [-0.1, -0.05) is 37.6 Å². The third-order valence-corrected chi connectivity index (χ3v) is 7.36. The molecule has 2 amide bonds. The number of carbonyl (C=O) groups excluding carboxylic acids is 2. The Morgan fingerprint density at radius 2 is 2.00 bits per heavy atom. The molecule has 10 heteroatoms. The Bertz CT molecular complexity index is 983. The van der Waals surface area contributed by atoms with E-state index in [9.17, 15) is 9.59 Å². The molecule has 5 rings (SSSR count). The van der Waals surface area contributed by atoms with Crippen molar-refractivity contribution in [2.45, 2.75) is 63.5 Å². The maximum absolute atomic E-state index is 13.8. The van der Waals surface area contributed by atoms with Crippen LogP contribution in [0.2, 0.25) is 5.02 Å². The van der Waals surface area contributed by atoms with Crippen LogP contribution in [0.5, 0.6) is 0 Å². The Morgan fingerprint density at radius 3 is 2.74 bits per heavy atom. The highest BCUT2D eigenvalue weighted by Gasteiger charge is 2.53. The Morgan fingerprint density at radius 1 is 1.24 bits per heavy atom. The van der Waals surface area contributed by atoms with Crippen LogP contribution in [0.1, 0.15) is 38.7 Å². The molecule has 4 N–H and O–H groups in total. The predicted molar refractivity (Wildman–Crippen MR) is 129 cm³/mol. The molecule has 3 heterocycles. The monoisotopic (exact) mass is 488 g/mol. The normalized spacial score (nSPS) is 29.0. The van der Waals surface area contributed by atoms with Crippen molar-refractivity contribution < 1.29 is 14.3 Å². The van der Waals surface area contributed by atoms with Gasteiger partial charge in [0.25, 0.3) is 0 Å². The number of amides is 2. The zero-order valence-electron chi connectivity index (χ0n) is 19.8. The number of hydrogen-bond donors (Lipinski definition) is 4. The molecule has 9 nitrogen and oxygen atoms in total. The number of cyclic esters (lactones) is 1. The van der Waals surface area contributed by atoms with Gasteiger partial charge >= 0.3 is 6.09 Å². The van der Waals surface area contributed by atoms with Crippen molar-refractivity contribution in [1.82, 2.24) is 31.1 Å². The quantitative estimate of drug-likeness (QED) is 0.482. The first kappa shape index (κ1) is 23.3. The minimum atomic E-state index is -0.405. The van der Waals surface area contributed by atoms with Crippen LogP contribution < -0.4 is 21.3 Å². The maximum atomic E-state index is 13.8. The van der Waals surface area contributed by atoms with E-state index in [0.29, 0.717) is 30.8 Å². The number of piperazine rings is 1. The van der Waals surface area contributed by atoms with Crippen LogP contribution in [-0.2, 0) is 9.53 Å². The molecule has 5 atom stereocenters. The molecule has 0 spiro atoms. The van der Waals surface area contributed by atoms with E-state index in [4.69, 9.17) is 16.3 Å². The van der Waals surface area contributed by atoms with Crippen LogP contribution in [0, 0.1) is 0 Å². The number of fused-ring (bicyclic) bond motifs is 2. The molecule has 184 valence electrons. The van der Waals surface area contributed by atoms with Gasteiger partial charge in [-0.15, -0.1) is 0 Å². The fraction of sp³-hybridized carbons (Fsp3) is 0.583. The lowest BCUT2D eigenvalue weighted by Gasteiger charge is -2.44. The predicted octanol–water partition coefficient (Wildman–Crippen LogP) is 1.52. The average Bonchev–Trinajstić information content (AvgIpc) is 3.60. The smallest absolute Gasteiger partial charge is 0.409 e. The largest absolute Gasteiger partial charge is 0.442 e. The Labute approximate surface area is 205 Å². The molecule has 2 saturated heterocycles. The fourth-order valence-corrected chi connectivity index (χ4v) is 5.44. The summed E-state index contributed by atoms with van der Waals surface area (Å²) in [4.78, 5) is 30.0. The number of alkyl carbamates (subject to hydrolysis) is 1. The molecule has 3 aliphatic heterocycles. The molecule has 2 unspecified atom stereocenters. The fourth-order valence-electron chi connectivity index (χ4n) is 5.32. The summed E-state index contributed by atoms with van der Waals surface area (Å²) in [6, 6.07) is 8.36. The van der Waals surface area contributed by atoms with Crippen molar-refractivity contribution in [2.24, 2.45) is 0 Å². The van der Waals surface area contributed by atoms with Crippen molar-refractivity contribution in [3.8, 4) is 0 Å². The second-order valence-corrected chi connectivity index (χ2v) is 10.2. The summed E-state index contributed by atoms with van der Waals surface area (Å²) in [5.41, 5.74) is 2.00.